The molecule has 7 nitrogen and oxygen atoms in total. The number of ether oxygens (including phenoxy) is 1. The number of Topliss-reactive ketones (excluding diaryl/α,β-unsaturated/α-hetero) is 1. The third-order valence-corrected chi connectivity index (χ3v) is 9.27. The summed E-state index contributed by atoms with van der Waals surface area (Å²) in [7, 11) is 3.67. The van der Waals surface area contributed by atoms with Crippen LogP contribution in [0.15, 0.2) is 53.7 Å². The van der Waals surface area contributed by atoms with Crippen LogP contribution in [0.1, 0.15) is 41.4 Å². The highest BCUT2D eigenvalue weighted by molar-refractivity contribution is 7.99. The summed E-state index contributed by atoms with van der Waals surface area (Å²) in [5, 5.41) is 11.1. The first-order chi connectivity index (χ1) is 18.4. The largest absolute Gasteiger partial charge is 0.496 e. The van der Waals surface area contributed by atoms with Crippen LogP contribution < -0.4 is 4.74 Å². The predicted octanol–water partition coefficient (Wildman–Crippen LogP) is 5.31. The van der Waals surface area contributed by atoms with Crippen LogP contribution in [-0.4, -0.2) is 62.9 Å². The third-order valence-electron chi connectivity index (χ3n) is 8.17. The lowest BCUT2D eigenvalue weighted by molar-refractivity contribution is 0.101. The molecule has 0 bridgehead atoms. The molecule has 4 aromatic rings. The number of piperidine rings is 1. The van der Waals surface area contributed by atoms with Gasteiger partial charge in [-0.3, -0.25) is 9.78 Å². The van der Waals surface area contributed by atoms with Gasteiger partial charge in [-0.25, -0.2) is 0 Å². The van der Waals surface area contributed by atoms with Gasteiger partial charge in [0, 0.05) is 47.9 Å². The maximum Gasteiger partial charge on any atom is 0.191 e. The summed E-state index contributed by atoms with van der Waals surface area (Å²) in [6.45, 7) is 6.89. The number of hydrogen-bond acceptors (Lipinski definition) is 7. The molecule has 1 saturated heterocycles. The molecule has 2 aromatic heterocycles. The fraction of sp³-hybridized carbons (Fsp3) is 0.400. The highest BCUT2D eigenvalue weighted by atomic mass is 32.2. The molecule has 1 saturated carbocycles. The van der Waals surface area contributed by atoms with Gasteiger partial charge in [0.15, 0.2) is 16.8 Å². The van der Waals surface area contributed by atoms with Crippen molar-refractivity contribution in [1.82, 2.24) is 24.6 Å². The number of aromatic nitrogens is 4. The first kappa shape index (κ1) is 25.1. The molecule has 2 atom stereocenters. The van der Waals surface area contributed by atoms with E-state index in [-0.39, 0.29) is 11.2 Å². The molecule has 1 aliphatic heterocycles. The van der Waals surface area contributed by atoms with Crippen molar-refractivity contribution in [2.24, 2.45) is 13.0 Å². The standard InChI is InChI=1S/C30H33N5O2S/c1-19-9-11-23-24(7-5-8-26(23)31-19)28-32-33-29(34(28)3)38-14-6-13-35-17-22-16-30(22,18-35)21-10-12-27(37-4)25(15-21)20(2)36/h5,7-12,15,22H,6,13-14,16-18H2,1-4H3/t22-,30+/m0/s1. The van der Waals surface area contributed by atoms with Gasteiger partial charge in [-0.15, -0.1) is 10.2 Å². The highest BCUT2D eigenvalue weighted by Crippen LogP contribution is 2.59. The molecular weight excluding hydrogens is 494 g/mol. The van der Waals surface area contributed by atoms with Crippen LogP contribution in [0.4, 0.5) is 0 Å². The summed E-state index contributed by atoms with van der Waals surface area (Å²) in [5.74, 6) is 3.27. The predicted molar refractivity (Wildman–Crippen MR) is 151 cm³/mol. The molecule has 0 amide bonds. The zero-order valence-corrected chi connectivity index (χ0v) is 23.2. The van der Waals surface area contributed by atoms with Crippen molar-refractivity contribution in [2.75, 3.05) is 32.5 Å². The Morgan fingerprint density at radius 1 is 1.18 bits per heavy atom. The molecule has 196 valence electrons. The second kappa shape index (κ2) is 9.82. The lowest BCUT2D eigenvalue weighted by Crippen LogP contribution is -2.28. The summed E-state index contributed by atoms with van der Waals surface area (Å²) >= 11 is 1.77. The number of benzene rings is 2. The number of thioether (sulfide) groups is 1. The number of aryl methyl sites for hydroxylation is 1. The average Bonchev–Trinajstić information content (AvgIpc) is 3.29. The smallest absolute Gasteiger partial charge is 0.191 e. The molecule has 38 heavy (non-hydrogen) atoms. The van der Waals surface area contributed by atoms with Gasteiger partial charge in [0.1, 0.15) is 5.75 Å². The molecule has 0 unspecified atom stereocenters. The summed E-state index contributed by atoms with van der Waals surface area (Å²) in [5.41, 5.74) is 5.23. The van der Waals surface area contributed by atoms with E-state index in [1.165, 1.54) is 12.0 Å². The number of carbonyl (C=O) groups excluding carboxylic acids is 1. The first-order valence-electron chi connectivity index (χ1n) is 13.2. The first-order valence-corrected chi connectivity index (χ1v) is 14.2. The Hall–Kier alpha value is -3.23. The second-order valence-electron chi connectivity index (χ2n) is 10.7. The fourth-order valence-corrected chi connectivity index (χ4v) is 6.91. The van der Waals surface area contributed by atoms with Crippen LogP contribution >= 0.6 is 11.8 Å². The van der Waals surface area contributed by atoms with Crippen molar-refractivity contribution in [1.29, 1.82) is 0 Å². The number of methoxy groups -OCH3 is 1. The van der Waals surface area contributed by atoms with Gasteiger partial charge in [0.2, 0.25) is 0 Å². The Bertz CT molecular complexity index is 1530. The molecule has 0 spiro atoms. The van der Waals surface area contributed by atoms with Gasteiger partial charge in [-0.05, 0) is 69.0 Å². The molecule has 0 radical (unpaired) electrons. The SMILES string of the molecule is COc1ccc([C@]23C[C@H]2CN(CCCSc2nnc(-c4cccc5nc(C)ccc45)n2C)C3)cc1C(C)=O. The van der Waals surface area contributed by atoms with Gasteiger partial charge < -0.3 is 14.2 Å². The number of fused-ring (bicyclic) bond motifs is 2. The minimum absolute atomic E-state index is 0.0586. The van der Waals surface area contributed by atoms with Gasteiger partial charge in [0.05, 0.1) is 18.2 Å². The van der Waals surface area contributed by atoms with E-state index in [2.05, 4.69) is 48.9 Å². The molecule has 3 heterocycles. The summed E-state index contributed by atoms with van der Waals surface area (Å²) in [6.07, 6.45) is 2.31. The van der Waals surface area contributed by atoms with Crippen molar-refractivity contribution in [3.05, 3.63) is 65.4 Å². The Labute approximate surface area is 227 Å². The van der Waals surface area contributed by atoms with E-state index in [0.717, 1.165) is 64.9 Å². The Kier molecular flexibility index (Phi) is 6.48. The van der Waals surface area contributed by atoms with Gasteiger partial charge in [-0.1, -0.05) is 36.0 Å². The topological polar surface area (TPSA) is 73.1 Å². The van der Waals surface area contributed by atoms with Crippen LogP contribution in [0, 0.1) is 12.8 Å². The van der Waals surface area contributed by atoms with Crippen LogP contribution in [-0.2, 0) is 12.5 Å². The zero-order valence-electron chi connectivity index (χ0n) is 22.4. The van der Waals surface area contributed by atoms with Crippen molar-refractivity contribution < 1.29 is 9.53 Å². The molecule has 0 N–H and O–H groups in total. The van der Waals surface area contributed by atoms with Gasteiger partial charge in [0.25, 0.3) is 0 Å². The molecule has 2 aliphatic rings. The Morgan fingerprint density at radius 2 is 2.05 bits per heavy atom. The monoisotopic (exact) mass is 527 g/mol. The van der Waals surface area contributed by atoms with Crippen molar-refractivity contribution in [2.45, 2.75) is 37.3 Å². The van der Waals surface area contributed by atoms with E-state index in [9.17, 15) is 4.79 Å². The van der Waals surface area contributed by atoms with E-state index >= 15 is 0 Å². The van der Waals surface area contributed by atoms with Crippen molar-refractivity contribution in [3.63, 3.8) is 0 Å². The third kappa shape index (κ3) is 4.39. The summed E-state index contributed by atoms with van der Waals surface area (Å²) in [4.78, 5) is 19.4. The van der Waals surface area contributed by atoms with E-state index in [1.54, 1.807) is 25.8 Å². The van der Waals surface area contributed by atoms with Crippen LogP contribution in [0.2, 0.25) is 0 Å². The number of pyridine rings is 1. The minimum atomic E-state index is 0.0586. The number of hydrogen-bond donors (Lipinski definition) is 0. The number of carbonyl (C=O) groups is 1. The number of likely N-dealkylation sites (tertiary alicyclic amines) is 1. The molecule has 8 heteroatoms. The Balaban J connectivity index is 1.07. The molecule has 2 aromatic carbocycles. The minimum Gasteiger partial charge on any atom is -0.496 e. The summed E-state index contributed by atoms with van der Waals surface area (Å²) < 4.78 is 7.50. The lowest BCUT2D eigenvalue weighted by atomic mass is 9.92. The van der Waals surface area contributed by atoms with Crippen molar-refractivity contribution in [3.8, 4) is 17.1 Å². The number of rotatable bonds is 9. The fourth-order valence-electron chi connectivity index (χ4n) is 6.08. The lowest BCUT2D eigenvalue weighted by Gasteiger charge is -2.21. The van der Waals surface area contributed by atoms with Gasteiger partial charge in [-0.2, -0.15) is 0 Å². The number of nitrogens with zero attached hydrogens (tertiary/aromatic N) is 5. The molecule has 2 fully saturated rings. The van der Waals surface area contributed by atoms with Crippen LogP contribution in [0.5, 0.6) is 5.75 Å². The summed E-state index contributed by atoms with van der Waals surface area (Å²) in [6, 6.07) is 16.5. The van der Waals surface area contributed by atoms with E-state index in [0.29, 0.717) is 17.2 Å². The molecule has 6 rings (SSSR count). The quantitative estimate of drug-likeness (QED) is 0.166. The zero-order chi connectivity index (χ0) is 26.4. The molecule has 1 aliphatic carbocycles. The second-order valence-corrected chi connectivity index (χ2v) is 11.7. The molecular formula is C30H33N5O2S. The average molecular weight is 528 g/mol. The van der Waals surface area contributed by atoms with Crippen molar-refractivity contribution >= 4 is 28.4 Å². The van der Waals surface area contributed by atoms with E-state index in [1.807, 2.05) is 38.2 Å². The Morgan fingerprint density at radius 3 is 2.87 bits per heavy atom. The van der Waals surface area contributed by atoms with E-state index < -0.39 is 0 Å². The maximum atomic E-state index is 12.1. The van der Waals surface area contributed by atoms with Crippen LogP contribution in [0.25, 0.3) is 22.3 Å². The maximum absolute atomic E-state index is 12.1. The number of ketones is 1. The van der Waals surface area contributed by atoms with E-state index in [4.69, 9.17) is 4.74 Å². The normalized spacial score (nSPS) is 20.6. The van der Waals surface area contributed by atoms with Crippen LogP contribution in [0.3, 0.4) is 0 Å². The van der Waals surface area contributed by atoms with Gasteiger partial charge >= 0.3 is 0 Å². The highest BCUT2D eigenvalue weighted by Gasteiger charge is 2.60.